The lowest BCUT2D eigenvalue weighted by atomic mass is 10.1. The Hall–Kier alpha value is -4.00. The summed E-state index contributed by atoms with van der Waals surface area (Å²) in [5, 5.41) is 7.44. The maximum Gasteiger partial charge on any atom is 0.159 e. The number of ketones is 1. The second-order valence-corrected chi connectivity index (χ2v) is 6.70. The molecule has 0 spiro atoms. The van der Waals surface area contributed by atoms with Crippen molar-refractivity contribution in [2.24, 2.45) is 0 Å². The zero-order valence-corrected chi connectivity index (χ0v) is 16.1. The van der Waals surface area contributed by atoms with Gasteiger partial charge >= 0.3 is 0 Å². The molecule has 7 nitrogen and oxygen atoms in total. The highest BCUT2D eigenvalue weighted by Crippen LogP contribution is 2.30. The number of aromatic nitrogens is 3. The molecule has 0 aliphatic heterocycles. The molecule has 0 amide bonds. The Morgan fingerprint density at radius 3 is 2.52 bits per heavy atom. The van der Waals surface area contributed by atoms with Gasteiger partial charge in [-0.05, 0) is 38.1 Å². The first-order valence-electron chi connectivity index (χ1n) is 9.13. The van der Waals surface area contributed by atoms with Gasteiger partial charge in [-0.2, -0.15) is 0 Å². The minimum Gasteiger partial charge on any atom is -0.393 e. The Labute approximate surface area is 168 Å². The number of pyridine rings is 1. The standard InChI is InChI=1S/C22H20N6O/c1-13-9-10-15-5-4-8-18(20(15)26-13)28-22-19(23)21(24-12-25-22)27-17-7-3-6-16(11-17)14(2)29/h3-12H,23H2,1-2H3,(H2,24,25,27,28). The molecule has 0 saturated carbocycles. The van der Waals surface area contributed by atoms with E-state index in [1.54, 1.807) is 18.2 Å². The Bertz CT molecular complexity index is 1220. The second kappa shape index (κ2) is 7.55. The smallest absolute Gasteiger partial charge is 0.159 e. The van der Waals surface area contributed by atoms with Gasteiger partial charge in [0.2, 0.25) is 0 Å². The molecule has 144 valence electrons. The van der Waals surface area contributed by atoms with Crippen molar-refractivity contribution >= 4 is 45.4 Å². The van der Waals surface area contributed by atoms with Gasteiger partial charge in [-0.25, -0.2) is 9.97 Å². The van der Waals surface area contributed by atoms with Gasteiger partial charge in [-0.15, -0.1) is 0 Å². The number of carbonyl (C=O) groups excluding carboxylic acids is 1. The van der Waals surface area contributed by atoms with Crippen LogP contribution in [0.25, 0.3) is 10.9 Å². The number of hydrogen-bond acceptors (Lipinski definition) is 7. The molecule has 4 aromatic rings. The third kappa shape index (κ3) is 3.84. The molecule has 4 rings (SSSR count). The molecule has 2 heterocycles. The van der Waals surface area contributed by atoms with Gasteiger partial charge < -0.3 is 16.4 Å². The van der Waals surface area contributed by atoms with Gasteiger partial charge in [-0.3, -0.25) is 9.78 Å². The van der Waals surface area contributed by atoms with Crippen molar-refractivity contribution in [1.82, 2.24) is 15.0 Å². The number of nitrogens with one attached hydrogen (secondary N) is 2. The number of Topliss-reactive ketones (excluding diaryl/α,β-unsaturated/α-hetero) is 1. The number of hydrogen-bond donors (Lipinski definition) is 3. The van der Waals surface area contributed by atoms with E-state index in [9.17, 15) is 4.79 Å². The van der Waals surface area contributed by atoms with Gasteiger partial charge in [0.15, 0.2) is 17.4 Å². The number of carbonyl (C=O) groups is 1. The first kappa shape index (κ1) is 18.4. The molecule has 0 saturated heterocycles. The number of nitrogen functional groups attached to an aromatic ring is 1. The van der Waals surface area contributed by atoms with Gasteiger partial charge in [0.1, 0.15) is 12.0 Å². The fourth-order valence-corrected chi connectivity index (χ4v) is 3.02. The number of aryl methyl sites for hydroxylation is 1. The van der Waals surface area contributed by atoms with E-state index in [0.29, 0.717) is 22.9 Å². The Morgan fingerprint density at radius 1 is 0.966 bits per heavy atom. The fraction of sp³-hybridized carbons (Fsp3) is 0.0909. The van der Waals surface area contributed by atoms with E-state index in [1.165, 1.54) is 13.3 Å². The number of benzene rings is 2. The van der Waals surface area contributed by atoms with E-state index in [2.05, 4.69) is 25.6 Å². The Kier molecular flexibility index (Phi) is 4.78. The Balaban J connectivity index is 1.67. The van der Waals surface area contributed by atoms with Crippen molar-refractivity contribution in [2.45, 2.75) is 13.8 Å². The number of para-hydroxylation sites is 1. The lowest BCUT2D eigenvalue weighted by Crippen LogP contribution is -2.06. The van der Waals surface area contributed by atoms with Crippen LogP contribution in [-0.4, -0.2) is 20.7 Å². The van der Waals surface area contributed by atoms with Crippen LogP contribution in [0.2, 0.25) is 0 Å². The van der Waals surface area contributed by atoms with Crippen LogP contribution >= 0.6 is 0 Å². The fourth-order valence-electron chi connectivity index (χ4n) is 3.02. The van der Waals surface area contributed by atoms with E-state index in [0.717, 1.165) is 28.0 Å². The van der Waals surface area contributed by atoms with Gasteiger partial charge in [0, 0.05) is 22.3 Å². The summed E-state index contributed by atoms with van der Waals surface area (Å²) in [5.74, 6) is 0.916. The highest BCUT2D eigenvalue weighted by atomic mass is 16.1. The topological polar surface area (TPSA) is 106 Å². The first-order valence-corrected chi connectivity index (χ1v) is 9.13. The molecule has 2 aromatic carbocycles. The van der Waals surface area contributed by atoms with Crippen molar-refractivity contribution in [1.29, 1.82) is 0 Å². The summed E-state index contributed by atoms with van der Waals surface area (Å²) in [6.07, 6.45) is 1.43. The van der Waals surface area contributed by atoms with Crippen molar-refractivity contribution in [3.05, 3.63) is 72.2 Å². The molecule has 7 heteroatoms. The number of rotatable bonds is 5. The van der Waals surface area contributed by atoms with Gasteiger partial charge in [0.05, 0.1) is 11.2 Å². The maximum atomic E-state index is 11.6. The number of anilines is 5. The normalized spacial score (nSPS) is 10.7. The molecule has 0 aliphatic carbocycles. The molecule has 4 N–H and O–H groups in total. The lowest BCUT2D eigenvalue weighted by Gasteiger charge is -2.14. The highest BCUT2D eigenvalue weighted by Gasteiger charge is 2.11. The van der Waals surface area contributed by atoms with E-state index in [-0.39, 0.29) is 5.78 Å². The quantitative estimate of drug-likeness (QED) is 0.432. The number of nitrogens with two attached hydrogens (primary N) is 1. The SMILES string of the molecule is CC(=O)c1cccc(Nc2ncnc(Nc3cccc4ccc(C)nc34)c2N)c1. The molecule has 0 fully saturated rings. The monoisotopic (exact) mass is 384 g/mol. The Morgan fingerprint density at radius 2 is 1.72 bits per heavy atom. The molecule has 29 heavy (non-hydrogen) atoms. The van der Waals surface area contributed by atoms with Crippen LogP contribution < -0.4 is 16.4 Å². The molecule has 0 bridgehead atoms. The third-order valence-corrected chi connectivity index (χ3v) is 4.53. The maximum absolute atomic E-state index is 11.6. The zero-order chi connectivity index (χ0) is 20.4. The summed E-state index contributed by atoms with van der Waals surface area (Å²) < 4.78 is 0. The van der Waals surface area contributed by atoms with Crippen LogP contribution in [0.3, 0.4) is 0 Å². The minimum atomic E-state index is -0.00888. The summed E-state index contributed by atoms with van der Waals surface area (Å²) >= 11 is 0. The zero-order valence-electron chi connectivity index (χ0n) is 16.1. The highest BCUT2D eigenvalue weighted by molar-refractivity contribution is 5.96. The van der Waals surface area contributed by atoms with E-state index >= 15 is 0 Å². The summed E-state index contributed by atoms with van der Waals surface area (Å²) in [7, 11) is 0. The summed E-state index contributed by atoms with van der Waals surface area (Å²) in [6, 6.07) is 17.1. The average molecular weight is 384 g/mol. The van der Waals surface area contributed by atoms with E-state index in [1.807, 2.05) is 43.3 Å². The predicted molar refractivity (Wildman–Crippen MR) is 116 cm³/mol. The van der Waals surface area contributed by atoms with Gasteiger partial charge in [-0.1, -0.05) is 30.3 Å². The second-order valence-electron chi connectivity index (χ2n) is 6.70. The van der Waals surface area contributed by atoms with Gasteiger partial charge in [0.25, 0.3) is 0 Å². The average Bonchev–Trinajstić information content (AvgIpc) is 2.71. The number of fused-ring (bicyclic) bond motifs is 1. The van der Waals surface area contributed by atoms with Crippen LogP contribution in [0.4, 0.5) is 28.7 Å². The molecule has 0 aliphatic rings. The van der Waals surface area contributed by atoms with Crippen LogP contribution in [-0.2, 0) is 0 Å². The van der Waals surface area contributed by atoms with Crippen LogP contribution in [0, 0.1) is 6.92 Å². The van der Waals surface area contributed by atoms with Crippen molar-refractivity contribution in [3.63, 3.8) is 0 Å². The predicted octanol–water partition coefficient (Wildman–Crippen LogP) is 4.61. The number of nitrogens with zero attached hydrogens (tertiary/aromatic N) is 3. The third-order valence-electron chi connectivity index (χ3n) is 4.53. The van der Waals surface area contributed by atoms with E-state index in [4.69, 9.17) is 5.73 Å². The summed E-state index contributed by atoms with van der Waals surface area (Å²) in [4.78, 5) is 24.8. The molecular formula is C22H20N6O. The van der Waals surface area contributed by atoms with E-state index < -0.39 is 0 Å². The lowest BCUT2D eigenvalue weighted by molar-refractivity contribution is 0.101. The van der Waals surface area contributed by atoms with Crippen LogP contribution in [0.5, 0.6) is 0 Å². The first-order chi connectivity index (χ1) is 14.0. The largest absolute Gasteiger partial charge is 0.393 e. The molecule has 0 unspecified atom stereocenters. The van der Waals surface area contributed by atoms with Crippen molar-refractivity contribution < 1.29 is 4.79 Å². The van der Waals surface area contributed by atoms with Crippen molar-refractivity contribution in [2.75, 3.05) is 16.4 Å². The molecule has 0 atom stereocenters. The molecular weight excluding hydrogens is 364 g/mol. The summed E-state index contributed by atoms with van der Waals surface area (Å²) in [6.45, 7) is 3.48. The molecule has 2 aromatic heterocycles. The van der Waals surface area contributed by atoms with Crippen LogP contribution in [0.1, 0.15) is 23.0 Å². The minimum absolute atomic E-state index is 0.00888. The molecule has 0 radical (unpaired) electrons. The summed E-state index contributed by atoms with van der Waals surface area (Å²) in [5.41, 5.74) is 10.6. The van der Waals surface area contributed by atoms with Crippen LogP contribution in [0.15, 0.2) is 60.9 Å². The van der Waals surface area contributed by atoms with Crippen molar-refractivity contribution in [3.8, 4) is 0 Å².